The molecular weight excluding hydrogens is 248 g/mol. The summed E-state index contributed by atoms with van der Waals surface area (Å²) in [6.45, 7) is 3.06. The highest BCUT2D eigenvalue weighted by Crippen LogP contribution is 2.27. The van der Waals surface area contributed by atoms with Crippen LogP contribution in [0.15, 0.2) is 48.8 Å². The Balaban J connectivity index is 2.10. The lowest BCUT2D eigenvalue weighted by Crippen LogP contribution is -2.22. The molecule has 0 aliphatic heterocycles. The molecule has 2 aromatic rings. The molecule has 0 radical (unpaired) electrons. The van der Waals surface area contributed by atoms with Crippen LogP contribution in [0.2, 0.25) is 0 Å². The Morgan fingerprint density at radius 2 is 2.00 bits per heavy atom. The van der Waals surface area contributed by atoms with Gasteiger partial charge in [-0.15, -0.1) is 0 Å². The second kappa shape index (κ2) is 7.65. The van der Waals surface area contributed by atoms with Gasteiger partial charge in [0.25, 0.3) is 0 Å². The molecule has 0 saturated heterocycles. The normalized spacial score (nSPS) is 12.1. The molecule has 0 saturated carbocycles. The van der Waals surface area contributed by atoms with E-state index in [4.69, 9.17) is 4.74 Å². The lowest BCUT2D eigenvalue weighted by Gasteiger charge is -2.20. The summed E-state index contributed by atoms with van der Waals surface area (Å²) in [5.74, 6) is 0.853. The standard InChI is InChI=1S/C17H22N2O/c1-3-19-16(10-9-14-7-5-4-6-8-14)15-11-12-18-13-17(15)20-2/h4-8,11-13,16,19H,3,9-10H2,1-2H3. The number of pyridine rings is 1. The molecule has 0 fully saturated rings. The van der Waals surface area contributed by atoms with Crippen LogP contribution >= 0.6 is 0 Å². The SMILES string of the molecule is CCNC(CCc1ccccc1)c1ccncc1OC. The summed E-state index contributed by atoms with van der Waals surface area (Å²) in [6, 6.07) is 12.9. The fraction of sp³-hybridized carbons (Fsp3) is 0.353. The summed E-state index contributed by atoms with van der Waals surface area (Å²) >= 11 is 0. The minimum absolute atomic E-state index is 0.290. The smallest absolute Gasteiger partial charge is 0.141 e. The highest BCUT2D eigenvalue weighted by molar-refractivity contribution is 5.33. The molecule has 0 spiro atoms. The Morgan fingerprint density at radius 3 is 2.70 bits per heavy atom. The first kappa shape index (κ1) is 14.5. The Hall–Kier alpha value is -1.87. The van der Waals surface area contributed by atoms with Crippen LogP contribution in [0.1, 0.15) is 30.5 Å². The van der Waals surface area contributed by atoms with E-state index in [1.807, 2.05) is 12.3 Å². The molecular formula is C17H22N2O. The molecule has 0 aliphatic carbocycles. The molecule has 2 rings (SSSR count). The monoisotopic (exact) mass is 270 g/mol. The zero-order valence-corrected chi connectivity index (χ0v) is 12.2. The lowest BCUT2D eigenvalue weighted by molar-refractivity contribution is 0.394. The van der Waals surface area contributed by atoms with Gasteiger partial charge >= 0.3 is 0 Å². The minimum Gasteiger partial charge on any atom is -0.495 e. The highest BCUT2D eigenvalue weighted by atomic mass is 16.5. The van der Waals surface area contributed by atoms with E-state index in [0.29, 0.717) is 0 Å². The molecule has 1 N–H and O–H groups in total. The molecule has 1 aromatic carbocycles. The largest absolute Gasteiger partial charge is 0.495 e. The van der Waals surface area contributed by atoms with E-state index in [-0.39, 0.29) is 6.04 Å². The Bertz CT molecular complexity index is 513. The quantitative estimate of drug-likeness (QED) is 0.837. The number of nitrogens with one attached hydrogen (secondary N) is 1. The van der Waals surface area contributed by atoms with E-state index in [1.165, 1.54) is 11.1 Å². The molecule has 0 amide bonds. The van der Waals surface area contributed by atoms with Crippen molar-refractivity contribution in [2.45, 2.75) is 25.8 Å². The van der Waals surface area contributed by atoms with Crippen molar-refractivity contribution in [3.8, 4) is 5.75 Å². The Labute approximate surface area is 121 Å². The number of aryl methyl sites for hydroxylation is 1. The van der Waals surface area contributed by atoms with Crippen molar-refractivity contribution >= 4 is 0 Å². The van der Waals surface area contributed by atoms with Gasteiger partial charge in [0.05, 0.1) is 13.3 Å². The maximum Gasteiger partial charge on any atom is 0.141 e. The summed E-state index contributed by atoms with van der Waals surface area (Å²) in [4.78, 5) is 4.12. The maximum atomic E-state index is 5.42. The summed E-state index contributed by atoms with van der Waals surface area (Å²) in [5, 5.41) is 3.54. The first-order valence-corrected chi connectivity index (χ1v) is 7.10. The molecule has 3 nitrogen and oxygen atoms in total. The fourth-order valence-corrected chi connectivity index (χ4v) is 2.42. The number of ether oxygens (including phenoxy) is 1. The Kier molecular flexibility index (Phi) is 5.56. The van der Waals surface area contributed by atoms with Crippen molar-refractivity contribution in [2.24, 2.45) is 0 Å². The van der Waals surface area contributed by atoms with Crippen molar-refractivity contribution in [3.05, 3.63) is 59.9 Å². The van der Waals surface area contributed by atoms with E-state index in [1.54, 1.807) is 13.3 Å². The van der Waals surface area contributed by atoms with Gasteiger partial charge in [-0.2, -0.15) is 0 Å². The van der Waals surface area contributed by atoms with Gasteiger partial charge in [-0.25, -0.2) is 0 Å². The third-order valence-electron chi connectivity index (χ3n) is 3.43. The van der Waals surface area contributed by atoms with Gasteiger partial charge in [0.1, 0.15) is 5.75 Å². The van der Waals surface area contributed by atoms with E-state index in [0.717, 1.165) is 25.1 Å². The van der Waals surface area contributed by atoms with Crippen LogP contribution in [0, 0.1) is 0 Å². The fourth-order valence-electron chi connectivity index (χ4n) is 2.42. The number of nitrogens with zero attached hydrogens (tertiary/aromatic N) is 1. The zero-order chi connectivity index (χ0) is 14.2. The maximum absolute atomic E-state index is 5.42. The number of benzene rings is 1. The van der Waals surface area contributed by atoms with Crippen molar-refractivity contribution < 1.29 is 4.74 Å². The predicted octanol–water partition coefficient (Wildman–Crippen LogP) is 3.37. The second-order valence-electron chi connectivity index (χ2n) is 4.75. The third-order valence-corrected chi connectivity index (χ3v) is 3.43. The lowest BCUT2D eigenvalue weighted by atomic mass is 9.99. The van der Waals surface area contributed by atoms with Gasteiger partial charge in [-0.05, 0) is 31.0 Å². The van der Waals surface area contributed by atoms with E-state index >= 15 is 0 Å². The molecule has 1 atom stereocenters. The molecule has 20 heavy (non-hydrogen) atoms. The number of aromatic nitrogens is 1. The van der Waals surface area contributed by atoms with Crippen LogP contribution < -0.4 is 10.1 Å². The van der Waals surface area contributed by atoms with Gasteiger partial charge in [0.2, 0.25) is 0 Å². The molecule has 1 unspecified atom stereocenters. The van der Waals surface area contributed by atoms with Crippen molar-refractivity contribution in [3.63, 3.8) is 0 Å². The van der Waals surface area contributed by atoms with Crippen LogP contribution in [0.3, 0.4) is 0 Å². The average molecular weight is 270 g/mol. The second-order valence-corrected chi connectivity index (χ2v) is 4.75. The molecule has 3 heteroatoms. The summed E-state index contributed by atoms with van der Waals surface area (Å²) < 4.78 is 5.42. The van der Waals surface area contributed by atoms with Gasteiger partial charge in [-0.1, -0.05) is 37.3 Å². The van der Waals surface area contributed by atoms with Crippen LogP contribution in [-0.4, -0.2) is 18.6 Å². The molecule has 1 aromatic heterocycles. The molecule has 0 aliphatic rings. The Morgan fingerprint density at radius 1 is 1.20 bits per heavy atom. The van der Waals surface area contributed by atoms with E-state index < -0.39 is 0 Å². The zero-order valence-electron chi connectivity index (χ0n) is 12.2. The molecule has 1 heterocycles. The van der Waals surface area contributed by atoms with Crippen LogP contribution in [0.25, 0.3) is 0 Å². The van der Waals surface area contributed by atoms with Crippen LogP contribution in [0.4, 0.5) is 0 Å². The summed E-state index contributed by atoms with van der Waals surface area (Å²) in [5.41, 5.74) is 2.55. The highest BCUT2D eigenvalue weighted by Gasteiger charge is 2.15. The number of hydrogen-bond donors (Lipinski definition) is 1. The summed E-state index contributed by atoms with van der Waals surface area (Å²) in [7, 11) is 1.70. The van der Waals surface area contributed by atoms with Gasteiger partial charge in [0, 0.05) is 17.8 Å². The van der Waals surface area contributed by atoms with Crippen LogP contribution in [0.5, 0.6) is 5.75 Å². The topological polar surface area (TPSA) is 34.2 Å². The van der Waals surface area contributed by atoms with E-state index in [2.05, 4.69) is 47.6 Å². The van der Waals surface area contributed by atoms with E-state index in [9.17, 15) is 0 Å². The number of hydrogen-bond acceptors (Lipinski definition) is 3. The van der Waals surface area contributed by atoms with Crippen molar-refractivity contribution in [2.75, 3.05) is 13.7 Å². The molecule has 0 bridgehead atoms. The first-order chi connectivity index (χ1) is 9.85. The van der Waals surface area contributed by atoms with Crippen molar-refractivity contribution in [1.29, 1.82) is 0 Å². The first-order valence-electron chi connectivity index (χ1n) is 7.10. The minimum atomic E-state index is 0.290. The van der Waals surface area contributed by atoms with Crippen molar-refractivity contribution in [1.82, 2.24) is 10.3 Å². The molecule has 106 valence electrons. The van der Waals surface area contributed by atoms with Gasteiger partial charge in [0.15, 0.2) is 0 Å². The van der Waals surface area contributed by atoms with Gasteiger partial charge in [-0.3, -0.25) is 4.98 Å². The average Bonchev–Trinajstić information content (AvgIpc) is 2.52. The predicted molar refractivity (Wildman–Crippen MR) is 82.0 cm³/mol. The third kappa shape index (κ3) is 3.81. The summed E-state index contributed by atoms with van der Waals surface area (Å²) in [6.07, 6.45) is 5.69. The number of methoxy groups -OCH3 is 1. The van der Waals surface area contributed by atoms with Crippen LogP contribution in [-0.2, 0) is 6.42 Å². The number of rotatable bonds is 7. The van der Waals surface area contributed by atoms with Gasteiger partial charge < -0.3 is 10.1 Å².